The van der Waals surface area contributed by atoms with Crippen LogP contribution in [0.5, 0.6) is 11.5 Å². The first-order valence-corrected chi connectivity index (χ1v) is 17.1. The van der Waals surface area contributed by atoms with Gasteiger partial charge in [0.2, 0.25) is 11.8 Å². The number of benzene rings is 3. The third-order valence-corrected chi connectivity index (χ3v) is 10.2. The normalized spacial score (nSPS) is 14.3. The molecular weight excluding hydrogens is 590 g/mol. The average molecular weight is 636 g/mol. The zero-order valence-corrected chi connectivity index (χ0v) is 27.5. The molecule has 1 aliphatic carbocycles. The van der Waals surface area contributed by atoms with E-state index in [4.69, 9.17) is 9.47 Å². The van der Waals surface area contributed by atoms with Crippen molar-refractivity contribution in [1.29, 1.82) is 0 Å². The van der Waals surface area contributed by atoms with Crippen molar-refractivity contribution >= 4 is 27.5 Å². The van der Waals surface area contributed by atoms with Crippen LogP contribution in [-0.4, -0.2) is 64.5 Å². The number of methoxy groups -OCH3 is 2. The van der Waals surface area contributed by atoms with Crippen LogP contribution in [0.25, 0.3) is 0 Å². The van der Waals surface area contributed by atoms with Gasteiger partial charge in [-0.05, 0) is 62.4 Å². The monoisotopic (exact) mass is 635 g/mol. The Kier molecular flexibility index (Phi) is 11.9. The molecule has 1 N–H and O–H groups in total. The lowest BCUT2D eigenvalue weighted by Crippen LogP contribution is -2.54. The number of carbonyl (C=O) groups excluding carboxylic acids is 2. The van der Waals surface area contributed by atoms with Crippen molar-refractivity contribution in [2.45, 2.75) is 75.8 Å². The zero-order valence-electron chi connectivity index (χ0n) is 26.7. The Bertz CT molecular complexity index is 1520. The minimum Gasteiger partial charge on any atom is -0.493 e. The van der Waals surface area contributed by atoms with E-state index in [0.717, 1.165) is 47.5 Å². The summed E-state index contributed by atoms with van der Waals surface area (Å²) in [4.78, 5) is 29.6. The Morgan fingerprint density at radius 2 is 1.58 bits per heavy atom. The fraction of sp³-hybridized carbons (Fsp3) is 0.429. The van der Waals surface area contributed by atoms with E-state index < -0.39 is 28.5 Å². The summed E-state index contributed by atoms with van der Waals surface area (Å²) in [6.07, 6.45) is 6.03. The second kappa shape index (κ2) is 15.8. The molecule has 3 aromatic rings. The Balaban J connectivity index is 1.71. The van der Waals surface area contributed by atoms with Gasteiger partial charge in [0.25, 0.3) is 10.0 Å². The van der Waals surface area contributed by atoms with Gasteiger partial charge in [0.15, 0.2) is 11.5 Å². The van der Waals surface area contributed by atoms with Gasteiger partial charge in [-0.1, -0.05) is 74.2 Å². The van der Waals surface area contributed by atoms with Crippen LogP contribution in [0.2, 0.25) is 0 Å². The summed E-state index contributed by atoms with van der Waals surface area (Å²) in [6.45, 7) is 3.50. The number of anilines is 1. The third kappa shape index (κ3) is 8.57. The smallest absolute Gasteiger partial charge is 0.264 e. The molecule has 0 unspecified atom stereocenters. The molecule has 3 aromatic carbocycles. The molecule has 1 fully saturated rings. The summed E-state index contributed by atoms with van der Waals surface area (Å²) in [5.74, 6) is 0.0767. The van der Waals surface area contributed by atoms with Crippen LogP contribution in [0.1, 0.15) is 56.6 Å². The van der Waals surface area contributed by atoms with Crippen molar-refractivity contribution in [3.05, 3.63) is 83.9 Å². The van der Waals surface area contributed by atoms with Gasteiger partial charge in [0, 0.05) is 18.7 Å². The van der Waals surface area contributed by atoms with Gasteiger partial charge < -0.3 is 19.7 Å². The molecule has 0 spiro atoms. The van der Waals surface area contributed by atoms with Gasteiger partial charge in [-0.25, -0.2) is 8.42 Å². The Morgan fingerprint density at radius 3 is 2.20 bits per heavy atom. The lowest BCUT2D eigenvalue weighted by molar-refractivity contribution is -0.140. The molecule has 0 aliphatic heterocycles. The fourth-order valence-corrected chi connectivity index (χ4v) is 7.19. The standard InChI is InChI=1S/C35H45N3O6S/c1-5-31(35(40)36-28-14-10-7-11-15-28)37(23-22-27-12-8-6-9-13-27)34(39)25-38(29-18-21-32(43-3)33(24-29)44-4)45(41,42)30-19-16-26(2)17-20-30/h6,8-9,12-13,16-21,24,28,31H,5,7,10-11,14-15,22-23,25H2,1-4H3,(H,36,40)/t31-/m1/s1. The quantitative estimate of drug-likeness (QED) is 0.251. The summed E-state index contributed by atoms with van der Waals surface area (Å²) in [7, 11) is -1.24. The van der Waals surface area contributed by atoms with Gasteiger partial charge in [-0.15, -0.1) is 0 Å². The minimum atomic E-state index is -4.20. The fourth-order valence-electron chi connectivity index (χ4n) is 5.79. The Hall–Kier alpha value is -4.05. The van der Waals surface area contributed by atoms with Crippen molar-refractivity contribution in [2.24, 2.45) is 0 Å². The predicted octanol–water partition coefficient (Wildman–Crippen LogP) is 5.51. The first-order valence-electron chi connectivity index (χ1n) is 15.6. The van der Waals surface area contributed by atoms with E-state index in [1.54, 1.807) is 35.2 Å². The number of rotatable bonds is 14. The first kappa shape index (κ1) is 33.8. The first-order chi connectivity index (χ1) is 21.7. The van der Waals surface area contributed by atoms with Crippen LogP contribution < -0.4 is 19.1 Å². The molecule has 9 nitrogen and oxygen atoms in total. The van der Waals surface area contributed by atoms with Crippen molar-refractivity contribution in [2.75, 3.05) is 31.6 Å². The maximum Gasteiger partial charge on any atom is 0.264 e. The SMILES string of the molecule is CC[C@H](C(=O)NC1CCCCC1)N(CCc1ccccc1)C(=O)CN(c1ccc(OC)c(OC)c1)S(=O)(=O)c1ccc(C)cc1. The van der Waals surface area contributed by atoms with E-state index in [-0.39, 0.29) is 29.1 Å². The summed E-state index contributed by atoms with van der Waals surface area (Å²) in [6, 6.07) is 20.3. The number of ether oxygens (including phenoxy) is 2. The highest BCUT2D eigenvalue weighted by atomic mass is 32.2. The van der Waals surface area contributed by atoms with Crippen molar-refractivity contribution in [3.63, 3.8) is 0 Å². The molecule has 10 heteroatoms. The second-order valence-corrected chi connectivity index (χ2v) is 13.3. The Morgan fingerprint density at radius 1 is 0.911 bits per heavy atom. The molecule has 242 valence electrons. The second-order valence-electron chi connectivity index (χ2n) is 11.5. The maximum atomic E-state index is 14.3. The highest BCUT2D eigenvalue weighted by molar-refractivity contribution is 7.92. The van der Waals surface area contributed by atoms with Gasteiger partial charge in [0.1, 0.15) is 12.6 Å². The van der Waals surface area contributed by atoms with E-state index in [1.165, 1.54) is 26.4 Å². The molecular formula is C35H45N3O6S. The van der Waals surface area contributed by atoms with Crippen LogP contribution in [0.3, 0.4) is 0 Å². The number of sulfonamides is 1. The topological polar surface area (TPSA) is 105 Å². The predicted molar refractivity (Wildman–Crippen MR) is 176 cm³/mol. The molecule has 0 aromatic heterocycles. The molecule has 0 heterocycles. The van der Waals surface area contributed by atoms with E-state index >= 15 is 0 Å². The molecule has 0 saturated heterocycles. The maximum absolute atomic E-state index is 14.3. The van der Waals surface area contributed by atoms with Crippen LogP contribution in [0, 0.1) is 6.92 Å². The number of carbonyl (C=O) groups is 2. The van der Waals surface area contributed by atoms with E-state index in [1.807, 2.05) is 44.2 Å². The number of nitrogens with zero attached hydrogens (tertiary/aromatic N) is 2. The third-order valence-electron chi connectivity index (χ3n) is 8.36. The van der Waals surface area contributed by atoms with E-state index in [2.05, 4.69) is 5.32 Å². The van der Waals surface area contributed by atoms with Crippen molar-refractivity contribution in [1.82, 2.24) is 10.2 Å². The summed E-state index contributed by atoms with van der Waals surface area (Å²) >= 11 is 0. The van der Waals surface area contributed by atoms with Gasteiger partial charge in [-0.2, -0.15) is 0 Å². The van der Waals surface area contributed by atoms with Crippen molar-refractivity contribution in [3.8, 4) is 11.5 Å². The van der Waals surface area contributed by atoms with Gasteiger partial charge >= 0.3 is 0 Å². The number of aryl methyl sites for hydroxylation is 1. The summed E-state index contributed by atoms with van der Waals surface area (Å²) in [5.41, 5.74) is 2.16. The molecule has 1 atom stereocenters. The molecule has 0 radical (unpaired) electrons. The van der Waals surface area contributed by atoms with E-state index in [0.29, 0.717) is 24.3 Å². The number of hydrogen-bond donors (Lipinski definition) is 1. The number of amides is 2. The number of nitrogens with one attached hydrogen (secondary N) is 1. The van der Waals surface area contributed by atoms with Crippen LogP contribution in [-0.2, 0) is 26.0 Å². The van der Waals surface area contributed by atoms with Crippen LogP contribution >= 0.6 is 0 Å². The zero-order chi connectivity index (χ0) is 32.4. The molecule has 0 bridgehead atoms. The van der Waals surface area contributed by atoms with Crippen LogP contribution in [0.15, 0.2) is 77.7 Å². The van der Waals surface area contributed by atoms with Crippen molar-refractivity contribution < 1.29 is 27.5 Å². The lowest BCUT2D eigenvalue weighted by Gasteiger charge is -2.34. The highest BCUT2D eigenvalue weighted by Crippen LogP contribution is 2.34. The van der Waals surface area contributed by atoms with E-state index in [9.17, 15) is 18.0 Å². The molecule has 4 rings (SSSR count). The molecule has 1 saturated carbocycles. The highest BCUT2D eigenvalue weighted by Gasteiger charge is 2.34. The Labute approximate surface area is 267 Å². The molecule has 1 aliphatic rings. The molecule has 2 amide bonds. The molecule has 45 heavy (non-hydrogen) atoms. The van der Waals surface area contributed by atoms with Gasteiger partial charge in [0.05, 0.1) is 24.8 Å². The lowest BCUT2D eigenvalue weighted by atomic mass is 9.95. The summed E-state index contributed by atoms with van der Waals surface area (Å²) in [5, 5.41) is 3.18. The largest absolute Gasteiger partial charge is 0.493 e. The van der Waals surface area contributed by atoms with Crippen LogP contribution in [0.4, 0.5) is 5.69 Å². The minimum absolute atomic E-state index is 0.0496. The average Bonchev–Trinajstić information content (AvgIpc) is 3.06. The van der Waals surface area contributed by atoms with Gasteiger partial charge in [-0.3, -0.25) is 13.9 Å². The summed E-state index contributed by atoms with van der Waals surface area (Å²) < 4.78 is 40.3. The number of hydrogen-bond acceptors (Lipinski definition) is 6.